The van der Waals surface area contributed by atoms with Crippen molar-refractivity contribution in [1.29, 1.82) is 0 Å². The zero-order chi connectivity index (χ0) is 24.5. The Bertz CT molecular complexity index is 1420. The van der Waals surface area contributed by atoms with E-state index in [0.29, 0.717) is 23.0 Å². The lowest BCUT2D eigenvalue weighted by Crippen LogP contribution is -2.13. The van der Waals surface area contributed by atoms with Gasteiger partial charge in [0.2, 0.25) is 5.89 Å². The van der Waals surface area contributed by atoms with Crippen LogP contribution in [0, 0.1) is 6.92 Å². The van der Waals surface area contributed by atoms with Gasteiger partial charge in [0.15, 0.2) is 9.84 Å². The third-order valence-corrected chi connectivity index (χ3v) is 7.53. The molecule has 4 aromatic rings. The van der Waals surface area contributed by atoms with Crippen molar-refractivity contribution in [2.24, 2.45) is 0 Å². The van der Waals surface area contributed by atoms with Gasteiger partial charge in [-0.15, -0.1) is 10.2 Å². The predicted octanol–water partition coefficient (Wildman–Crippen LogP) is 4.66. The molecule has 0 fully saturated rings. The van der Waals surface area contributed by atoms with Gasteiger partial charge < -0.3 is 9.32 Å². The van der Waals surface area contributed by atoms with Crippen LogP contribution in [-0.2, 0) is 16.4 Å². The van der Waals surface area contributed by atoms with Crippen LogP contribution in [0.25, 0.3) is 34.3 Å². The van der Waals surface area contributed by atoms with Crippen molar-refractivity contribution in [3.8, 4) is 34.3 Å². The monoisotopic (exact) mass is 479 g/mol. The van der Waals surface area contributed by atoms with Crippen LogP contribution in [0.1, 0.15) is 26.5 Å². The molecule has 0 aliphatic carbocycles. The van der Waals surface area contributed by atoms with Crippen molar-refractivity contribution in [2.45, 2.75) is 37.5 Å². The molecule has 4 rings (SSSR count). The van der Waals surface area contributed by atoms with E-state index in [9.17, 15) is 8.42 Å². The Labute approximate surface area is 201 Å². The van der Waals surface area contributed by atoms with Crippen LogP contribution in [0.2, 0.25) is 0 Å². The lowest BCUT2D eigenvalue weighted by molar-refractivity contribution is 0.402. The maximum atomic E-state index is 12.4. The van der Waals surface area contributed by atoms with Crippen LogP contribution in [0.15, 0.2) is 64.0 Å². The van der Waals surface area contributed by atoms with Gasteiger partial charge in [0.25, 0.3) is 5.89 Å². The maximum Gasteiger partial charge on any atom is 0.268 e. The first-order chi connectivity index (χ1) is 16.1. The van der Waals surface area contributed by atoms with Gasteiger partial charge in [0, 0.05) is 19.1 Å². The minimum Gasteiger partial charge on any atom is -0.415 e. The van der Waals surface area contributed by atoms with Crippen molar-refractivity contribution in [3.05, 3.63) is 66.0 Å². The van der Waals surface area contributed by atoms with Crippen molar-refractivity contribution >= 4 is 9.84 Å². The van der Waals surface area contributed by atoms with E-state index in [2.05, 4.69) is 31.1 Å². The van der Waals surface area contributed by atoms with E-state index in [1.807, 2.05) is 39.2 Å². The number of hydrogen-bond acceptors (Lipinski definition) is 8. The molecule has 0 unspecified atom stereocenters. The quantitative estimate of drug-likeness (QED) is 0.377. The number of aryl methyl sites for hydroxylation is 1. The summed E-state index contributed by atoms with van der Waals surface area (Å²) >= 11 is 0. The van der Waals surface area contributed by atoms with Crippen LogP contribution < -0.4 is 0 Å². The topological polar surface area (TPSA) is 102 Å². The van der Waals surface area contributed by atoms with Crippen molar-refractivity contribution < 1.29 is 14.3 Å². The molecule has 0 amide bonds. The van der Waals surface area contributed by atoms with Crippen molar-refractivity contribution in [3.63, 3.8) is 0 Å². The number of nitrogens with zero attached hydrogens (tertiary/aromatic N) is 5. The standard InChI is InChI=1S/C25H27N5O3S.H2/c1-16(2)34(31,32)21-11-9-19(10-12-21)22-14-26-17(3)23(27-22)25-29-28-24(33-25)20-8-6-7-18(13-20)15-30(4)5;/h6-14,16H,15H2,1-5H3;1H. The summed E-state index contributed by atoms with van der Waals surface area (Å²) in [5.41, 5.74) is 4.44. The van der Waals surface area contributed by atoms with E-state index in [0.717, 1.165) is 23.2 Å². The fraction of sp³-hybridized carbons (Fsp3) is 0.280. The number of sulfone groups is 1. The summed E-state index contributed by atoms with van der Waals surface area (Å²) in [6.45, 7) is 5.96. The fourth-order valence-corrected chi connectivity index (χ4v) is 4.54. The summed E-state index contributed by atoms with van der Waals surface area (Å²) in [6.07, 6.45) is 1.65. The molecule has 0 radical (unpaired) electrons. The minimum atomic E-state index is -3.34. The molecule has 0 aliphatic rings. The van der Waals surface area contributed by atoms with E-state index < -0.39 is 15.1 Å². The van der Waals surface area contributed by atoms with E-state index in [-0.39, 0.29) is 12.2 Å². The summed E-state index contributed by atoms with van der Waals surface area (Å²) in [5.74, 6) is 0.685. The molecule has 0 saturated carbocycles. The zero-order valence-corrected chi connectivity index (χ0v) is 20.7. The first kappa shape index (κ1) is 23.7. The van der Waals surface area contributed by atoms with Crippen LogP contribution in [0.4, 0.5) is 0 Å². The third kappa shape index (κ3) is 4.90. The van der Waals surface area contributed by atoms with Crippen LogP contribution in [-0.4, -0.2) is 52.8 Å². The van der Waals surface area contributed by atoms with Gasteiger partial charge >= 0.3 is 0 Å². The molecule has 2 heterocycles. The Morgan fingerprint density at radius 2 is 1.71 bits per heavy atom. The molecule has 9 heteroatoms. The molecular formula is C25H29N5O3S. The van der Waals surface area contributed by atoms with E-state index in [1.165, 1.54) is 0 Å². The van der Waals surface area contributed by atoms with Gasteiger partial charge in [-0.2, -0.15) is 0 Å². The molecule has 0 atom stereocenters. The van der Waals surface area contributed by atoms with Crippen molar-refractivity contribution in [1.82, 2.24) is 25.1 Å². The first-order valence-electron chi connectivity index (χ1n) is 10.9. The lowest BCUT2D eigenvalue weighted by Gasteiger charge is -2.09. The Kier molecular flexibility index (Phi) is 6.58. The highest BCUT2D eigenvalue weighted by atomic mass is 32.2. The highest BCUT2D eigenvalue weighted by Crippen LogP contribution is 2.28. The molecule has 0 aliphatic heterocycles. The second kappa shape index (κ2) is 9.44. The molecule has 2 aromatic heterocycles. The number of hydrogen-bond donors (Lipinski definition) is 0. The van der Waals surface area contributed by atoms with Crippen molar-refractivity contribution in [2.75, 3.05) is 14.1 Å². The normalized spacial score (nSPS) is 12.0. The lowest BCUT2D eigenvalue weighted by atomic mass is 10.1. The van der Waals surface area contributed by atoms with Gasteiger partial charge in [0.05, 0.1) is 27.7 Å². The third-order valence-electron chi connectivity index (χ3n) is 5.35. The molecule has 0 N–H and O–H groups in total. The van der Waals surface area contributed by atoms with E-state index >= 15 is 0 Å². The Balaban J connectivity index is 0.00000342. The van der Waals surface area contributed by atoms with Gasteiger partial charge in [0.1, 0.15) is 5.69 Å². The molecule has 0 saturated heterocycles. The maximum absolute atomic E-state index is 12.4. The highest BCUT2D eigenvalue weighted by Gasteiger charge is 2.20. The number of rotatable bonds is 7. The smallest absolute Gasteiger partial charge is 0.268 e. The summed E-state index contributed by atoms with van der Waals surface area (Å²) in [6, 6.07) is 14.6. The Hall–Kier alpha value is -3.43. The van der Waals surface area contributed by atoms with Crippen LogP contribution >= 0.6 is 0 Å². The SMILES string of the molecule is Cc1ncc(-c2ccc(S(=O)(=O)C(C)C)cc2)nc1-c1nnc(-c2cccc(CN(C)C)c2)o1.[HH]. The second-order valence-corrected chi connectivity index (χ2v) is 11.2. The summed E-state index contributed by atoms with van der Waals surface area (Å²) < 4.78 is 30.8. The minimum absolute atomic E-state index is 0. The summed E-state index contributed by atoms with van der Waals surface area (Å²) in [4.78, 5) is 11.5. The highest BCUT2D eigenvalue weighted by molar-refractivity contribution is 7.92. The Morgan fingerprint density at radius 3 is 2.38 bits per heavy atom. The second-order valence-electron chi connectivity index (χ2n) is 8.66. The zero-order valence-electron chi connectivity index (χ0n) is 19.8. The molecule has 178 valence electrons. The Morgan fingerprint density at radius 1 is 1.00 bits per heavy atom. The predicted molar refractivity (Wildman–Crippen MR) is 133 cm³/mol. The first-order valence-corrected chi connectivity index (χ1v) is 12.5. The molecule has 8 nitrogen and oxygen atoms in total. The van der Waals surface area contributed by atoms with E-state index in [1.54, 1.807) is 44.3 Å². The molecule has 0 spiro atoms. The van der Waals surface area contributed by atoms with Gasteiger partial charge in [-0.05, 0) is 64.7 Å². The summed E-state index contributed by atoms with van der Waals surface area (Å²) in [5, 5.41) is 7.94. The van der Waals surface area contributed by atoms with Gasteiger partial charge in [-0.1, -0.05) is 24.3 Å². The average Bonchev–Trinajstić information content (AvgIpc) is 3.29. The average molecular weight is 480 g/mol. The summed E-state index contributed by atoms with van der Waals surface area (Å²) in [7, 11) is 0.694. The van der Waals surface area contributed by atoms with E-state index in [4.69, 9.17) is 4.42 Å². The molecule has 2 aromatic carbocycles. The van der Waals surface area contributed by atoms with Crippen LogP contribution in [0.3, 0.4) is 0 Å². The fourth-order valence-electron chi connectivity index (χ4n) is 3.48. The number of aromatic nitrogens is 4. The van der Waals surface area contributed by atoms with Gasteiger partial charge in [-0.25, -0.2) is 13.4 Å². The largest absolute Gasteiger partial charge is 0.415 e. The van der Waals surface area contributed by atoms with Gasteiger partial charge in [-0.3, -0.25) is 4.98 Å². The van der Waals surface area contributed by atoms with Crippen LogP contribution in [0.5, 0.6) is 0 Å². The molecule has 0 bridgehead atoms. The molecule has 34 heavy (non-hydrogen) atoms. The molecular weight excluding hydrogens is 450 g/mol. The number of benzene rings is 2.